The molecule has 1 aromatic rings. The number of hydrogen-bond donors (Lipinski definition) is 2. The molecule has 0 spiro atoms. The average molecular weight is 316 g/mol. The van der Waals surface area contributed by atoms with Gasteiger partial charge in [-0.25, -0.2) is 0 Å². The van der Waals surface area contributed by atoms with Crippen LogP contribution in [-0.4, -0.2) is 41.0 Å². The minimum atomic E-state index is -0.826. The van der Waals surface area contributed by atoms with E-state index in [0.29, 0.717) is 18.9 Å². The molecule has 1 heterocycles. The normalized spacial score (nSPS) is 22.7. The van der Waals surface area contributed by atoms with Gasteiger partial charge in [0.05, 0.1) is 12.6 Å². The number of likely N-dealkylation sites (tertiary alicyclic amines) is 1. The van der Waals surface area contributed by atoms with Crippen LogP contribution in [0, 0.1) is 12.8 Å². The first kappa shape index (κ1) is 16.0. The van der Waals surface area contributed by atoms with Crippen molar-refractivity contribution in [2.45, 2.75) is 44.7 Å². The first-order valence-electron chi connectivity index (χ1n) is 8.37. The monoisotopic (exact) mass is 316 g/mol. The largest absolute Gasteiger partial charge is 0.480 e. The number of rotatable bonds is 6. The van der Waals surface area contributed by atoms with E-state index < -0.39 is 12.0 Å². The number of carboxylic acid groups (broad SMARTS) is 1. The third-order valence-electron chi connectivity index (χ3n) is 4.84. The Morgan fingerprint density at radius 3 is 2.57 bits per heavy atom. The molecule has 5 heteroatoms. The van der Waals surface area contributed by atoms with Gasteiger partial charge in [0.1, 0.15) is 6.04 Å². The number of aliphatic carboxylic acids is 1. The molecule has 1 amide bonds. The predicted molar refractivity (Wildman–Crippen MR) is 87.0 cm³/mol. The number of carboxylic acids is 1. The molecule has 2 unspecified atom stereocenters. The van der Waals surface area contributed by atoms with Gasteiger partial charge in [-0.2, -0.15) is 0 Å². The van der Waals surface area contributed by atoms with Crippen LogP contribution in [0.3, 0.4) is 0 Å². The number of carbonyl (C=O) groups is 2. The number of amides is 1. The second-order valence-electron chi connectivity index (χ2n) is 6.76. The van der Waals surface area contributed by atoms with Gasteiger partial charge >= 0.3 is 5.97 Å². The molecule has 1 saturated heterocycles. The highest BCUT2D eigenvalue weighted by Crippen LogP contribution is 2.41. The number of carbonyl (C=O) groups excluding carboxylic acids is 1. The van der Waals surface area contributed by atoms with Crippen molar-refractivity contribution in [1.82, 2.24) is 10.2 Å². The van der Waals surface area contributed by atoms with E-state index in [1.165, 1.54) is 5.56 Å². The molecule has 1 aromatic carbocycles. The molecule has 2 aliphatic rings. The zero-order valence-electron chi connectivity index (χ0n) is 13.5. The fourth-order valence-corrected chi connectivity index (χ4v) is 3.38. The highest BCUT2D eigenvalue weighted by atomic mass is 16.4. The zero-order valence-corrected chi connectivity index (χ0v) is 13.5. The van der Waals surface area contributed by atoms with Crippen LogP contribution < -0.4 is 5.32 Å². The Labute approximate surface area is 136 Å². The quantitative estimate of drug-likeness (QED) is 0.843. The van der Waals surface area contributed by atoms with E-state index in [1.54, 1.807) is 4.90 Å². The molecule has 5 nitrogen and oxygen atoms in total. The van der Waals surface area contributed by atoms with E-state index in [-0.39, 0.29) is 18.5 Å². The summed E-state index contributed by atoms with van der Waals surface area (Å²) in [5.74, 6) is -0.390. The van der Waals surface area contributed by atoms with Crippen LogP contribution in [0.15, 0.2) is 24.3 Å². The third-order valence-corrected chi connectivity index (χ3v) is 4.84. The molecule has 0 bridgehead atoms. The summed E-state index contributed by atoms with van der Waals surface area (Å²) in [6.45, 7) is 2.91. The van der Waals surface area contributed by atoms with E-state index in [2.05, 4.69) is 29.6 Å². The molecule has 2 atom stereocenters. The second kappa shape index (κ2) is 6.71. The van der Waals surface area contributed by atoms with Crippen molar-refractivity contribution in [2.24, 2.45) is 5.92 Å². The molecule has 1 aliphatic heterocycles. The molecule has 124 valence electrons. The predicted octanol–water partition coefficient (Wildman–Crippen LogP) is 2.11. The molecule has 0 radical (unpaired) electrons. The highest BCUT2D eigenvalue weighted by molar-refractivity contribution is 5.80. The van der Waals surface area contributed by atoms with E-state index in [4.69, 9.17) is 0 Å². The van der Waals surface area contributed by atoms with Crippen LogP contribution in [0.1, 0.15) is 42.9 Å². The molecule has 1 saturated carbocycles. The number of nitrogens with one attached hydrogen (secondary N) is 1. The number of benzene rings is 1. The molecule has 0 aromatic heterocycles. The van der Waals surface area contributed by atoms with Crippen LogP contribution in [0.5, 0.6) is 0 Å². The molecule has 2 fully saturated rings. The van der Waals surface area contributed by atoms with Crippen molar-refractivity contribution < 1.29 is 14.7 Å². The lowest BCUT2D eigenvalue weighted by Crippen LogP contribution is -2.44. The summed E-state index contributed by atoms with van der Waals surface area (Å²) in [4.78, 5) is 25.4. The topological polar surface area (TPSA) is 69.6 Å². The van der Waals surface area contributed by atoms with Gasteiger partial charge in [0.2, 0.25) is 5.91 Å². The third kappa shape index (κ3) is 3.91. The lowest BCUT2D eigenvalue weighted by atomic mass is 10.0. The van der Waals surface area contributed by atoms with Crippen molar-refractivity contribution in [2.75, 3.05) is 13.1 Å². The Balaban J connectivity index is 1.63. The number of nitrogens with zero attached hydrogens (tertiary/aromatic N) is 1. The van der Waals surface area contributed by atoms with Gasteiger partial charge in [-0.1, -0.05) is 29.8 Å². The van der Waals surface area contributed by atoms with Crippen molar-refractivity contribution in [3.8, 4) is 0 Å². The Bertz CT molecular complexity index is 580. The van der Waals surface area contributed by atoms with E-state index >= 15 is 0 Å². The number of hydrogen-bond acceptors (Lipinski definition) is 3. The minimum Gasteiger partial charge on any atom is -0.480 e. The average Bonchev–Trinajstić information content (AvgIpc) is 3.25. The lowest BCUT2D eigenvalue weighted by Gasteiger charge is -2.23. The Morgan fingerprint density at radius 2 is 1.96 bits per heavy atom. The first-order valence-corrected chi connectivity index (χ1v) is 8.37. The molecule has 1 aliphatic carbocycles. The van der Waals surface area contributed by atoms with Crippen LogP contribution in [0.4, 0.5) is 0 Å². The molecule has 3 rings (SSSR count). The van der Waals surface area contributed by atoms with Gasteiger partial charge in [0, 0.05) is 0 Å². The van der Waals surface area contributed by atoms with Gasteiger partial charge in [-0.3, -0.25) is 14.5 Å². The molecule has 2 N–H and O–H groups in total. The van der Waals surface area contributed by atoms with Crippen molar-refractivity contribution >= 4 is 11.9 Å². The van der Waals surface area contributed by atoms with Crippen LogP contribution >= 0.6 is 0 Å². The summed E-state index contributed by atoms with van der Waals surface area (Å²) in [6, 6.07) is 7.83. The van der Waals surface area contributed by atoms with Gasteiger partial charge in [-0.05, 0) is 50.6 Å². The minimum absolute atomic E-state index is 0.0500. The van der Waals surface area contributed by atoms with Gasteiger partial charge in [0.15, 0.2) is 0 Å². The van der Waals surface area contributed by atoms with E-state index in [1.807, 2.05) is 6.92 Å². The van der Waals surface area contributed by atoms with E-state index in [9.17, 15) is 14.7 Å². The first-order chi connectivity index (χ1) is 11.0. The lowest BCUT2D eigenvalue weighted by molar-refractivity contribution is -0.142. The molecule has 23 heavy (non-hydrogen) atoms. The Morgan fingerprint density at radius 1 is 1.26 bits per heavy atom. The SMILES string of the molecule is Cc1ccc(C(NC(=O)CN2CCCC2C(=O)O)C2CC2)cc1. The summed E-state index contributed by atoms with van der Waals surface area (Å²) in [5, 5.41) is 12.3. The smallest absolute Gasteiger partial charge is 0.320 e. The summed E-state index contributed by atoms with van der Waals surface area (Å²) in [7, 11) is 0. The standard InChI is InChI=1S/C18H24N2O3/c1-12-4-6-13(7-5-12)17(14-8-9-14)19-16(21)11-20-10-2-3-15(20)18(22)23/h4-7,14-15,17H,2-3,8-11H2,1H3,(H,19,21)(H,22,23). The maximum absolute atomic E-state index is 12.4. The fourth-order valence-electron chi connectivity index (χ4n) is 3.38. The van der Waals surface area contributed by atoms with Gasteiger partial charge in [0.25, 0.3) is 0 Å². The summed E-state index contributed by atoms with van der Waals surface area (Å²) >= 11 is 0. The fraction of sp³-hybridized carbons (Fsp3) is 0.556. The van der Waals surface area contributed by atoms with E-state index in [0.717, 1.165) is 24.8 Å². The van der Waals surface area contributed by atoms with Crippen LogP contribution in [-0.2, 0) is 9.59 Å². The second-order valence-corrected chi connectivity index (χ2v) is 6.76. The van der Waals surface area contributed by atoms with Crippen LogP contribution in [0.25, 0.3) is 0 Å². The highest BCUT2D eigenvalue weighted by Gasteiger charge is 2.35. The molecular formula is C18H24N2O3. The molecular weight excluding hydrogens is 292 g/mol. The van der Waals surface area contributed by atoms with Crippen LogP contribution in [0.2, 0.25) is 0 Å². The maximum atomic E-state index is 12.4. The van der Waals surface area contributed by atoms with Gasteiger partial charge in [-0.15, -0.1) is 0 Å². The van der Waals surface area contributed by atoms with Crippen molar-refractivity contribution in [3.05, 3.63) is 35.4 Å². The maximum Gasteiger partial charge on any atom is 0.320 e. The summed E-state index contributed by atoms with van der Waals surface area (Å²) in [6.07, 6.45) is 3.75. The van der Waals surface area contributed by atoms with Crippen molar-refractivity contribution in [1.29, 1.82) is 0 Å². The zero-order chi connectivity index (χ0) is 16.4. The Kier molecular flexibility index (Phi) is 4.66. The Hall–Kier alpha value is -1.88. The van der Waals surface area contributed by atoms with Crippen molar-refractivity contribution in [3.63, 3.8) is 0 Å². The summed E-state index contributed by atoms with van der Waals surface area (Å²) in [5.41, 5.74) is 2.35. The summed E-state index contributed by atoms with van der Waals surface area (Å²) < 4.78 is 0. The van der Waals surface area contributed by atoms with Gasteiger partial charge < -0.3 is 10.4 Å². The number of aryl methyl sites for hydroxylation is 1.